The van der Waals surface area contributed by atoms with E-state index in [9.17, 15) is 27.9 Å². The molecule has 1 N–H and O–H groups in total. The van der Waals surface area contributed by atoms with Crippen LogP contribution < -0.4 is 0 Å². The first-order valence-corrected chi connectivity index (χ1v) is 13.1. The van der Waals surface area contributed by atoms with Crippen LogP contribution in [0.5, 0.6) is 0 Å². The minimum atomic E-state index is -4.48. The Bertz CT molecular complexity index is 1120. The van der Waals surface area contributed by atoms with Crippen LogP contribution in [0.25, 0.3) is 0 Å². The van der Waals surface area contributed by atoms with Crippen molar-refractivity contribution in [2.45, 2.75) is 57.9 Å². The third-order valence-electron chi connectivity index (χ3n) is 8.26. The summed E-state index contributed by atoms with van der Waals surface area (Å²) in [6.45, 7) is 6.54. The summed E-state index contributed by atoms with van der Waals surface area (Å²) in [5.74, 6) is -0.668. The second kappa shape index (κ2) is 11.4. The average Bonchev–Trinajstić information content (AvgIpc) is 3.16. The summed E-state index contributed by atoms with van der Waals surface area (Å²) >= 11 is 0. The highest BCUT2D eigenvalue weighted by Crippen LogP contribution is 2.46. The molecule has 2 saturated heterocycles. The van der Waals surface area contributed by atoms with Crippen molar-refractivity contribution in [1.29, 1.82) is 0 Å². The third kappa shape index (κ3) is 5.98. The van der Waals surface area contributed by atoms with E-state index in [4.69, 9.17) is 4.74 Å². The number of amides is 1. The zero-order valence-corrected chi connectivity index (χ0v) is 21.8. The van der Waals surface area contributed by atoms with Gasteiger partial charge in [0.25, 0.3) is 0 Å². The number of rotatable bonds is 6. The largest absolute Gasteiger partial charge is 0.478 e. The standard InChI is InChI=1S/C29H35F3N2O4/c1-20(2)28(12-16-33-14-10-21(11-15-33)22-6-3-7-23(18-22)26(35)36)19-25-34(27(28)37)13-4-8-24(29(30,31)32)9-5-17-38-25/h3-9,17-18,20-21,25H,10-16,19H2,1-2H3,(H,35,36)/b8-4+,17-5+,24-9+. The van der Waals surface area contributed by atoms with Crippen LogP contribution in [-0.2, 0) is 9.53 Å². The molecule has 2 unspecified atom stereocenters. The van der Waals surface area contributed by atoms with Crippen LogP contribution >= 0.6 is 0 Å². The summed E-state index contributed by atoms with van der Waals surface area (Å²) in [7, 11) is 0. The Morgan fingerprint density at radius 2 is 1.97 bits per heavy atom. The number of halogens is 3. The first-order chi connectivity index (χ1) is 18.0. The van der Waals surface area contributed by atoms with Gasteiger partial charge in [0.1, 0.15) is 0 Å². The number of piperidine rings is 1. The van der Waals surface area contributed by atoms with Gasteiger partial charge in [-0.05, 0) is 80.6 Å². The zero-order valence-electron chi connectivity index (χ0n) is 21.8. The maximum atomic E-state index is 13.7. The number of carboxylic acids is 1. The molecule has 3 aliphatic rings. The van der Waals surface area contributed by atoms with Crippen molar-refractivity contribution in [2.24, 2.45) is 11.3 Å². The fraction of sp³-hybridized carbons (Fsp3) is 0.517. The maximum Gasteiger partial charge on any atom is 0.416 e. The summed E-state index contributed by atoms with van der Waals surface area (Å²) in [6.07, 6.45) is 3.78. The molecule has 6 nitrogen and oxygen atoms in total. The van der Waals surface area contributed by atoms with E-state index in [0.717, 1.165) is 50.2 Å². The minimum Gasteiger partial charge on any atom is -0.478 e. The number of carbonyl (C=O) groups excluding carboxylic acids is 1. The Labute approximate surface area is 221 Å². The quantitative estimate of drug-likeness (QED) is 0.506. The number of hydrogen-bond acceptors (Lipinski definition) is 4. The van der Waals surface area contributed by atoms with E-state index < -0.39 is 29.4 Å². The van der Waals surface area contributed by atoms with Gasteiger partial charge in [-0.1, -0.05) is 38.1 Å². The number of carboxylic acid groups (broad SMARTS) is 1. The Kier molecular flexibility index (Phi) is 8.35. The van der Waals surface area contributed by atoms with Crippen molar-refractivity contribution in [2.75, 3.05) is 26.2 Å². The summed E-state index contributed by atoms with van der Waals surface area (Å²) in [6, 6.07) is 7.14. The molecule has 1 amide bonds. The molecule has 206 valence electrons. The summed E-state index contributed by atoms with van der Waals surface area (Å²) < 4.78 is 45.4. The van der Waals surface area contributed by atoms with Crippen LogP contribution in [0.4, 0.5) is 13.2 Å². The van der Waals surface area contributed by atoms with Gasteiger partial charge < -0.3 is 19.6 Å². The lowest BCUT2D eigenvalue weighted by Gasteiger charge is -2.36. The van der Waals surface area contributed by atoms with Gasteiger partial charge in [-0.25, -0.2) is 4.79 Å². The van der Waals surface area contributed by atoms with Crippen LogP contribution in [0.3, 0.4) is 0 Å². The van der Waals surface area contributed by atoms with E-state index >= 15 is 0 Å². The van der Waals surface area contributed by atoms with E-state index in [1.165, 1.54) is 18.4 Å². The summed E-state index contributed by atoms with van der Waals surface area (Å²) in [5, 5.41) is 9.29. The van der Waals surface area contributed by atoms with Gasteiger partial charge in [0, 0.05) is 13.0 Å². The number of hydrogen-bond donors (Lipinski definition) is 1. The lowest BCUT2D eigenvalue weighted by atomic mass is 9.72. The minimum absolute atomic E-state index is 0.0318. The molecule has 4 rings (SSSR count). The van der Waals surface area contributed by atoms with E-state index in [1.807, 2.05) is 19.9 Å². The first kappa shape index (κ1) is 28.0. The van der Waals surface area contributed by atoms with E-state index in [0.29, 0.717) is 24.3 Å². The third-order valence-corrected chi connectivity index (χ3v) is 8.26. The van der Waals surface area contributed by atoms with Crippen molar-refractivity contribution in [3.8, 4) is 0 Å². The molecule has 38 heavy (non-hydrogen) atoms. The van der Waals surface area contributed by atoms with Crippen molar-refractivity contribution < 1.29 is 32.6 Å². The Morgan fingerprint density at radius 3 is 2.63 bits per heavy atom. The second-order valence-electron chi connectivity index (χ2n) is 10.7. The van der Waals surface area contributed by atoms with Crippen LogP contribution in [0.15, 0.2) is 60.4 Å². The topological polar surface area (TPSA) is 70.1 Å². The Hall–Kier alpha value is -3.07. The monoisotopic (exact) mass is 532 g/mol. The smallest absolute Gasteiger partial charge is 0.416 e. The molecule has 2 fully saturated rings. The molecule has 1 aromatic rings. The van der Waals surface area contributed by atoms with Gasteiger partial charge in [0.15, 0.2) is 6.23 Å². The molecular formula is C29H35F3N2O4. The Balaban J connectivity index is 1.40. The predicted octanol–water partition coefficient (Wildman–Crippen LogP) is 5.74. The molecule has 9 heteroatoms. The SMILES string of the molecule is CC(C)C1(CCN2CCC(c3cccc(C(=O)O)c3)CC2)CC2O/C=C/C=C(C(F)(F)F)\C=C\CN2C1=O. The van der Waals surface area contributed by atoms with E-state index in [2.05, 4.69) is 4.90 Å². The number of allylic oxidation sites excluding steroid dienone is 4. The molecule has 1 aromatic carbocycles. The molecule has 3 heterocycles. The molecule has 0 saturated carbocycles. The lowest BCUT2D eigenvalue weighted by molar-refractivity contribution is -0.141. The van der Waals surface area contributed by atoms with Gasteiger partial charge in [-0.15, -0.1) is 0 Å². The number of nitrogens with zero attached hydrogens (tertiary/aromatic N) is 2. The molecule has 0 radical (unpaired) electrons. The molecule has 0 aromatic heterocycles. The number of fused-ring (bicyclic) bond motifs is 1. The van der Waals surface area contributed by atoms with Crippen molar-refractivity contribution in [1.82, 2.24) is 9.80 Å². The molecule has 3 aliphatic heterocycles. The number of alkyl halides is 3. The molecule has 0 spiro atoms. The van der Waals surface area contributed by atoms with Crippen molar-refractivity contribution >= 4 is 11.9 Å². The Morgan fingerprint density at radius 1 is 1.24 bits per heavy atom. The number of benzene rings is 1. The summed E-state index contributed by atoms with van der Waals surface area (Å²) in [4.78, 5) is 29.0. The highest BCUT2D eigenvalue weighted by Gasteiger charge is 2.53. The van der Waals surface area contributed by atoms with Crippen molar-refractivity contribution in [3.63, 3.8) is 0 Å². The number of ether oxygens (including phenoxy) is 1. The lowest BCUT2D eigenvalue weighted by Crippen LogP contribution is -2.43. The van der Waals surface area contributed by atoms with Gasteiger partial charge >= 0.3 is 12.1 Å². The fourth-order valence-corrected chi connectivity index (χ4v) is 5.82. The molecule has 2 atom stereocenters. The molecule has 0 bridgehead atoms. The highest BCUT2D eigenvalue weighted by molar-refractivity contribution is 5.87. The average molecular weight is 533 g/mol. The predicted molar refractivity (Wildman–Crippen MR) is 137 cm³/mol. The van der Waals surface area contributed by atoms with Crippen LogP contribution in [0.2, 0.25) is 0 Å². The van der Waals surface area contributed by atoms with Gasteiger partial charge in [-0.3, -0.25) is 4.79 Å². The second-order valence-corrected chi connectivity index (χ2v) is 10.7. The van der Waals surface area contributed by atoms with Gasteiger partial charge in [-0.2, -0.15) is 13.2 Å². The van der Waals surface area contributed by atoms with Crippen molar-refractivity contribution in [3.05, 3.63) is 71.5 Å². The van der Waals surface area contributed by atoms with Crippen LogP contribution in [0.1, 0.15) is 61.4 Å². The first-order valence-electron chi connectivity index (χ1n) is 13.1. The molecular weight excluding hydrogens is 497 g/mol. The number of carbonyl (C=O) groups is 2. The van der Waals surface area contributed by atoms with E-state index in [-0.39, 0.29) is 18.4 Å². The zero-order chi connectivity index (χ0) is 27.5. The number of likely N-dealkylation sites (tertiary alicyclic amines) is 1. The van der Waals surface area contributed by atoms with E-state index in [1.54, 1.807) is 23.1 Å². The van der Waals surface area contributed by atoms with Gasteiger partial charge in [0.05, 0.1) is 22.8 Å². The maximum absolute atomic E-state index is 13.7. The van der Waals surface area contributed by atoms with Crippen LogP contribution in [-0.4, -0.2) is 65.4 Å². The highest BCUT2D eigenvalue weighted by atomic mass is 19.4. The molecule has 0 aliphatic carbocycles. The normalized spacial score (nSPS) is 28.4. The van der Waals surface area contributed by atoms with Crippen LogP contribution in [0, 0.1) is 11.3 Å². The fourth-order valence-electron chi connectivity index (χ4n) is 5.82. The summed E-state index contributed by atoms with van der Waals surface area (Å²) in [5.41, 5.74) is -0.106. The van der Waals surface area contributed by atoms with Gasteiger partial charge in [0.2, 0.25) is 5.91 Å². The number of aromatic carboxylic acids is 1.